The van der Waals surface area contributed by atoms with Gasteiger partial charge in [-0.1, -0.05) is 20.8 Å². The van der Waals surface area contributed by atoms with Gasteiger partial charge in [-0.05, 0) is 24.2 Å². The van der Waals surface area contributed by atoms with Crippen molar-refractivity contribution >= 4 is 0 Å². The summed E-state index contributed by atoms with van der Waals surface area (Å²) in [4.78, 5) is 0. The van der Waals surface area contributed by atoms with Crippen molar-refractivity contribution in [1.29, 1.82) is 0 Å². The zero-order valence-corrected chi connectivity index (χ0v) is 8.80. The van der Waals surface area contributed by atoms with Gasteiger partial charge >= 0.3 is 0 Å². The van der Waals surface area contributed by atoms with E-state index in [9.17, 15) is 0 Å². The van der Waals surface area contributed by atoms with Gasteiger partial charge in [-0.15, -0.1) is 0 Å². The van der Waals surface area contributed by atoms with E-state index >= 15 is 0 Å². The largest absolute Gasteiger partial charge is 0.317 e. The van der Waals surface area contributed by atoms with Gasteiger partial charge < -0.3 is 10.4 Å². The summed E-state index contributed by atoms with van der Waals surface area (Å²) < 4.78 is 0. The first kappa shape index (κ1) is 12.8. The van der Waals surface area contributed by atoms with Crippen LogP contribution in [0, 0.1) is 11.3 Å². The fourth-order valence-electron chi connectivity index (χ4n) is 1.64. The van der Waals surface area contributed by atoms with Crippen LogP contribution < -0.4 is 11.0 Å². The van der Waals surface area contributed by atoms with Gasteiger partial charge in [0.25, 0.3) is 0 Å². The topological polar surface area (TPSA) is 64.5 Å². The lowest BCUT2D eigenvalue weighted by atomic mass is 9.82. The van der Waals surface area contributed by atoms with Gasteiger partial charge in [-0.25, -0.2) is 11.0 Å². The average molecular weight is 190 g/mol. The van der Waals surface area contributed by atoms with Crippen molar-refractivity contribution in [3.8, 4) is 0 Å². The van der Waals surface area contributed by atoms with Crippen LogP contribution in [-0.2, 0) is 0 Å². The molecule has 0 rings (SSSR count). The van der Waals surface area contributed by atoms with Crippen LogP contribution in [0.3, 0.4) is 0 Å². The van der Waals surface area contributed by atoms with E-state index in [1.54, 1.807) is 0 Å². The molecule has 0 radical (unpaired) electrons. The van der Waals surface area contributed by atoms with E-state index in [-0.39, 0.29) is 5.41 Å². The molecule has 0 saturated heterocycles. The van der Waals surface area contributed by atoms with Crippen LogP contribution in [0.4, 0.5) is 0 Å². The molecule has 80 valence electrons. The standard InChI is InChI=1S/C9H22N2O2/c1-8(4-5-10-12)6-9(2,3)7-11-13/h8,10-13H,4-7H2,1-3H3. The van der Waals surface area contributed by atoms with Gasteiger partial charge in [0, 0.05) is 13.1 Å². The molecule has 13 heavy (non-hydrogen) atoms. The van der Waals surface area contributed by atoms with Crippen LogP contribution in [0.5, 0.6) is 0 Å². The molecule has 1 atom stereocenters. The Kier molecular flexibility index (Phi) is 6.24. The Bertz CT molecular complexity index is 129. The summed E-state index contributed by atoms with van der Waals surface area (Å²) in [5.74, 6) is 0.544. The molecule has 0 heterocycles. The first-order chi connectivity index (χ1) is 6.02. The number of nitrogens with one attached hydrogen (secondary N) is 2. The van der Waals surface area contributed by atoms with Crippen molar-refractivity contribution in [2.75, 3.05) is 13.1 Å². The van der Waals surface area contributed by atoms with Gasteiger partial charge in [-0.2, -0.15) is 0 Å². The molecule has 0 aliphatic carbocycles. The molecule has 4 N–H and O–H groups in total. The van der Waals surface area contributed by atoms with Crippen molar-refractivity contribution in [3.63, 3.8) is 0 Å². The average Bonchev–Trinajstić information content (AvgIpc) is 1.99. The van der Waals surface area contributed by atoms with E-state index in [2.05, 4.69) is 31.7 Å². The van der Waals surface area contributed by atoms with E-state index in [1.807, 2.05) is 0 Å². The Labute approximate surface area is 80.3 Å². The Morgan fingerprint density at radius 2 is 1.85 bits per heavy atom. The van der Waals surface area contributed by atoms with Crippen molar-refractivity contribution in [2.24, 2.45) is 11.3 Å². The highest BCUT2D eigenvalue weighted by molar-refractivity contribution is 4.72. The highest BCUT2D eigenvalue weighted by atomic mass is 16.5. The van der Waals surface area contributed by atoms with Crippen LogP contribution in [0.15, 0.2) is 0 Å². The maximum absolute atomic E-state index is 8.59. The Morgan fingerprint density at radius 3 is 2.31 bits per heavy atom. The lowest BCUT2D eigenvalue weighted by Crippen LogP contribution is -2.29. The van der Waals surface area contributed by atoms with E-state index in [1.165, 1.54) is 0 Å². The Balaban J connectivity index is 3.68. The van der Waals surface area contributed by atoms with Crippen LogP contribution >= 0.6 is 0 Å². The highest BCUT2D eigenvalue weighted by Gasteiger charge is 2.20. The molecule has 4 nitrogen and oxygen atoms in total. The zero-order valence-electron chi connectivity index (χ0n) is 8.80. The minimum Gasteiger partial charge on any atom is -0.317 e. The van der Waals surface area contributed by atoms with E-state index in [4.69, 9.17) is 10.4 Å². The van der Waals surface area contributed by atoms with E-state index in [0.29, 0.717) is 19.0 Å². The normalized spacial score (nSPS) is 14.5. The van der Waals surface area contributed by atoms with E-state index in [0.717, 1.165) is 12.8 Å². The summed E-state index contributed by atoms with van der Waals surface area (Å²) in [5.41, 5.74) is 4.46. The van der Waals surface area contributed by atoms with Crippen LogP contribution in [0.1, 0.15) is 33.6 Å². The molecule has 0 fully saturated rings. The molecule has 0 aromatic heterocycles. The second-order valence-corrected chi connectivity index (χ2v) is 4.51. The predicted octanol–water partition coefficient (Wildman–Crippen LogP) is 1.39. The molecule has 0 amide bonds. The number of rotatable bonds is 7. The lowest BCUT2D eigenvalue weighted by molar-refractivity contribution is 0.108. The summed E-state index contributed by atoms with van der Waals surface area (Å²) in [5, 5.41) is 17.0. The summed E-state index contributed by atoms with van der Waals surface area (Å²) >= 11 is 0. The van der Waals surface area contributed by atoms with Gasteiger partial charge in [0.05, 0.1) is 0 Å². The number of hydrogen-bond donors (Lipinski definition) is 4. The summed E-state index contributed by atoms with van der Waals surface area (Å²) in [7, 11) is 0. The smallest absolute Gasteiger partial charge is 0.0258 e. The fourth-order valence-corrected chi connectivity index (χ4v) is 1.64. The first-order valence-corrected chi connectivity index (χ1v) is 4.76. The van der Waals surface area contributed by atoms with Gasteiger partial charge in [0.1, 0.15) is 0 Å². The molecular weight excluding hydrogens is 168 g/mol. The van der Waals surface area contributed by atoms with Crippen LogP contribution in [-0.4, -0.2) is 23.5 Å². The molecule has 0 aliphatic heterocycles. The second kappa shape index (κ2) is 6.32. The molecule has 0 bridgehead atoms. The first-order valence-electron chi connectivity index (χ1n) is 4.76. The highest BCUT2D eigenvalue weighted by Crippen LogP contribution is 2.25. The third-order valence-electron chi connectivity index (χ3n) is 2.21. The Morgan fingerprint density at radius 1 is 1.23 bits per heavy atom. The lowest BCUT2D eigenvalue weighted by Gasteiger charge is -2.27. The predicted molar refractivity (Wildman–Crippen MR) is 51.8 cm³/mol. The van der Waals surface area contributed by atoms with Crippen LogP contribution in [0.25, 0.3) is 0 Å². The van der Waals surface area contributed by atoms with Gasteiger partial charge in [0.15, 0.2) is 0 Å². The zero-order chi connectivity index (χ0) is 10.3. The second-order valence-electron chi connectivity index (χ2n) is 4.51. The quantitative estimate of drug-likeness (QED) is 0.458. The molecule has 0 saturated carbocycles. The molecule has 0 aliphatic rings. The minimum absolute atomic E-state index is 0.101. The van der Waals surface area contributed by atoms with Crippen molar-refractivity contribution in [3.05, 3.63) is 0 Å². The fraction of sp³-hybridized carbons (Fsp3) is 1.00. The van der Waals surface area contributed by atoms with Crippen molar-refractivity contribution in [2.45, 2.75) is 33.6 Å². The van der Waals surface area contributed by atoms with Gasteiger partial charge in [-0.3, -0.25) is 0 Å². The minimum atomic E-state index is 0.101. The summed E-state index contributed by atoms with van der Waals surface area (Å²) in [6, 6.07) is 0. The Hall–Kier alpha value is -0.160. The maximum Gasteiger partial charge on any atom is 0.0258 e. The van der Waals surface area contributed by atoms with Crippen LogP contribution in [0.2, 0.25) is 0 Å². The van der Waals surface area contributed by atoms with E-state index < -0.39 is 0 Å². The molecular formula is C9H22N2O2. The SMILES string of the molecule is CC(CCNO)CC(C)(C)CNO. The summed E-state index contributed by atoms with van der Waals surface area (Å²) in [6.45, 7) is 7.60. The third kappa shape index (κ3) is 6.95. The number of hydroxylamine groups is 2. The van der Waals surface area contributed by atoms with Crippen molar-refractivity contribution in [1.82, 2.24) is 11.0 Å². The number of hydrogen-bond acceptors (Lipinski definition) is 4. The van der Waals surface area contributed by atoms with Crippen molar-refractivity contribution < 1.29 is 10.4 Å². The summed E-state index contributed by atoms with van der Waals surface area (Å²) in [6.07, 6.45) is 1.98. The molecule has 1 unspecified atom stereocenters. The molecule has 4 heteroatoms. The third-order valence-corrected chi connectivity index (χ3v) is 2.21. The molecule has 0 spiro atoms. The monoisotopic (exact) mass is 190 g/mol. The molecule has 0 aromatic rings. The maximum atomic E-state index is 8.59. The van der Waals surface area contributed by atoms with Gasteiger partial charge in [0.2, 0.25) is 0 Å². The molecule has 0 aromatic carbocycles.